The first-order chi connectivity index (χ1) is 8.05. The van der Waals surface area contributed by atoms with Gasteiger partial charge in [0.15, 0.2) is 0 Å². The third kappa shape index (κ3) is 3.94. The number of hydrogen-bond donors (Lipinski definition) is 1. The van der Waals surface area contributed by atoms with E-state index in [1.165, 1.54) is 58.7 Å². The predicted octanol–water partition coefficient (Wildman–Crippen LogP) is 1.40. The molecular formula is C14H29N3. The highest BCUT2D eigenvalue weighted by molar-refractivity contribution is 4.85. The fourth-order valence-corrected chi connectivity index (χ4v) is 2.98. The topological polar surface area (TPSA) is 18.5 Å². The predicted molar refractivity (Wildman–Crippen MR) is 73.4 cm³/mol. The monoisotopic (exact) mass is 239 g/mol. The standard InChI is InChI=1S/C14H29N3/c1-14(2,3)17-9-5-13(12-17)4-8-16-10-6-15-7-11-16/h13,15H,4-12H2,1-3H3. The lowest BCUT2D eigenvalue weighted by Crippen LogP contribution is -2.44. The van der Waals surface area contributed by atoms with E-state index in [9.17, 15) is 0 Å². The summed E-state index contributed by atoms with van der Waals surface area (Å²) in [4.78, 5) is 5.27. The number of rotatable bonds is 3. The van der Waals surface area contributed by atoms with E-state index in [-0.39, 0.29) is 0 Å². The van der Waals surface area contributed by atoms with Crippen LogP contribution in [0.25, 0.3) is 0 Å². The zero-order valence-corrected chi connectivity index (χ0v) is 11.8. The van der Waals surface area contributed by atoms with Crippen LogP contribution in [0.5, 0.6) is 0 Å². The molecule has 1 atom stereocenters. The Morgan fingerprint density at radius 1 is 1.12 bits per heavy atom. The van der Waals surface area contributed by atoms with Crippen LogP contribution >= 0.6 is 0 Å². The van der Waals surface area contributed by atoms with Gasteiger partial charge in [0.2, 0.25) is 0 Å². The zero-order chi connectivity index (χ0) is 12.3. The quantitative estimate of drug-likeness (QED) is 0.803. The third-order valence-corrected chi connectivity index (χ3v) is 4.30. The van der Waals surface area contributed by atoms with E-state index >= 15 is 0 Å². The molecule has 1 unspecified atom stereocenters. The van der Waals surface area contributed by atoms with Crippen LogP contribution < -0.4 is 5.32 Å². The summed E-state index contributed by atoms with van der Waals surface area (Å²) >= 11 is 0. The summed E-state index contributed by atoms with van der Waals surface area (Å²) in [6.45, 7) is 15.8. The lowest BCUT2D eigenvalue weighted by Gasteiger charge is -2.32. The normalized spacial score (nSPS) is 28.8. The maximum absolute atomic E-state index is 3.42. The van der Waals surface area contributed by atoms with Crippen LogP contribution in [-0.4, -0.2) is 61.2 Å². The van der Waals surface area contributed by atoms with Gasteiger partial charge in [-0.25, -0.2) is 0 Å². The molecule has 2 aliphatic rings. The molecule has 2 aliphatic heterocycles. The molecule has 0 bridgehead atoms. The molecule has 0 amide bonds. The molecule has 100 valence electrons. The van der Waals surface area contributed by atoms with Crippen molar-refractivity contribution in [2.24, 2.45) is 5.92 Å². The van der Waals surface area contributed by atoms with Gasteiger partial charge < -0.3 is 10.2 Å². The molecule has 17 heavy (non-hydrogen) atoms. The minimum absolute atomic E-state index is 0.365. The molecular weight excluding hydrogens is 210 g/mol. The van der Waals surface area contributed by atoms with Crippen molar-refractivity contribution in [3.8, 4) is 0 Å². The molecule has 0 spiro atoms. The Hall–Kier alpha value is -0.120. The summed E-state index contributed by atoms with van der Waals surface area (Å²) in [7, 11) is 0. The van der Waals surface area contributed by atoms with Crippen molar-refractivity contribution in [3.63, 3.8) is 0 Å². The average molecular weight is 239 g/mol. The van der Waals surface area contributed by atoms with Gasteiger partial charge in [0.25, 0.3) is 0 Å². The van der Waals surface area contributed by atoms with Crippen LogP contribution in [0, 0.1) is 5.92 Å². The van der Waals surface area contributed by atoms with Gasteiger partial charge in [-0.05, 0) is 52.6 Å². The van der Waals surface area contributed by atoms with Crippen molar-refractivity contribution in [2.45, 2.75) is 39.2 Å². The van der Waals surface area contributed by atoms with Crippen LogP contribution in [0.1, 0.15) is 33.6 Å². The first-order valence-electron chi connectivity index (χ1n) is 7.24. The lowest BCUT2D eigenvalue weighted by molar-refractivity contribution is 0.163. The molecule has 1 N–H and O–H groups in total. The SMILES string of the molecule is CC(C)(C)N1CCC(CCN2CCNCC2)C1. The maximum atomic E-state index is 3.42. The first kappa shape index (κ1) is 13.3. The highest BCUT2D eigenvalue weighted by atomic mass is 15.2. The van der Waals surface area contributed by atoms with Gasteiger partial charge in [0, 0.05) is 38.3 Å². The Kier molecular flexibility index (Phi) is 4.45. The lowest BCUT2D eigenvalue weighted by atomic mass is 10.0. The summed E-state index contributed by atoms with van der Waals surface area (Å²) < 4.78 is 0. The Morgan fingerprint density at radius 3 is 2.41 bits per heavy atom. The highest BCUT2D eigenvalue weighted by Crippen LogP contribution is 2.26. The van der Waals surface area contributed by atoms with Crippen LogP contribution in [0.3, 0.4) is 0 Å². The Bertz CT molecular complexity index is 228. The molecule has 3 heteroatoms. The molecule has 0 aromatic rings. The third-order valence-electron chi connectivity index (χ3n) is 4.30. The van der Waals surface area contributed by atoms with Gasteiger partial charge in [0.1, 0.15) is 0 Å². The summed E-state index contributed by atoms with van der Waals surface area (Å²) in [5.74, 6) is 0.934. The first-order valence-corrected chi connectivity index (χ1v) is 7.24. The smallest absolute Gasteiger partial charge is 0.0125 e. The summed E-state index contributed by atoms with van der Waals surface area (Å²) in [5, 5.41) is 3.42. The van der Waals surface area contributed by atoms with Crippen LogP contribution in [0.4, 0.5) is 0 Å². The number of likely N-dealkylation sites (tertiary alicyclic amines) is 1. The van der Waals surface area contributed by atoms with Crippen molar-refractivity contribution in [3.05, 3.63) is 0 Å². The molecule has 0 aliphatic carbocycles. The summed E-state index contributed by atoms with van der Waals surface area (Å²) in [6.07, 6.45) is 2.80. The van der Waals surface area contributed by atoms with Gasteiger partial charge in [-0.15, -0.1) is 0 Å². The molecule has 0 aromatic carbocycles. The van der Waals surface area contributed by atoms with Crippen molar-refractivity contribution >= 4 is 0 Å². The van der Waals surface area contributed by atoms with Gasteiger partial charge in [0.05, 0.1) is 0 Å². The number of hydrogen-bond acceptors (Lipinski definition) is 3. The second kappa shape index (κ2) is 5.68. The Morgan fingerprint density at radius 2 is 1.82 bits per heavy atom. The zero-order valence-electron chi connectivity index (χ0n) is 11.8. The molecule has 0 radical (unpaired) electrons. The van der Waals surface area contributed by atoms with E-state index in [1.807, 2.05) is 0 Å². The van der Waals surface area contributed by atoms with Crippen LogP contribution in [-0.2, 0) is 0 Å². The Balaban J connectivity index is 1.67. The minimum atomic E-state index is 0.365. The van der Waals surface area contributed by atoms with E-state index in [4.69, 9.17) is 0 Å². The summed E-state index contributed by atoms with van der Waals surface area (Å²) in [5.41, 5.74) is 0.365. The second-order valence-electron chi connectivity index (χ2n) is 6.65. The van der Waals surface area contributed by atoms with Crippen molar-refractivity contribution in [1.29, 1.82) is 0 Å². The molecule has 0 saturated carbocycles. The molecule has 0 aromatic heterocycles. The molecule has 2 heterocycles. The van der Waals surface area contributed by atoms with Crippen LogP contribution in [0.2, 0.25) is 0 Å². The van der Waals surface area contributed by atoms with E-state index < -0.39 is 0 Å². The number of piperazine rings is 1. The van der Waals surface area contributed by atoms with Gasteiger partial charge in [-0.3, -0.25) is 4.90 Å². The van der Waals surface area contributed by atoms with Gasteiger partial charge >= 0.3 is 0 Å². The van der Waals surface area contributed by atoms with E-state index in [2.05, 4.69) is 35.9 Å². The molecule has 2 rings (SSSR count). The number of nitrogens with one attached hydrogen (secondary N) is 1. The Labute approximate surface area is 107 Å². The van der Waals surface area contributed by atoms with E-state index in [1.54, 1.807) is 0 Å². The van der Waals surface area contributed by atoms with Crippen molar-refractivity contribution in [1.82, 2.24) is 15.1 Å². The number of nitrogens with zero attached hydrogens (tertiary/aromatic N) is 2. The fourth-order valence-electron chi connectivity index (χ4n) is 2.98. The maximum Gasteiger partial charge on any atom is 0.0125 e. The van der Waals surface area contributed by atoms with E-state index in [0.29, 0.717) is 5.54 Å². The van der Waals surface area contributed by atoms with Gasteiger partial charge in [-0.1, -0.05) is 0 Å². The van der Waals surface area contributed by atoms with Crippen molar-refractivity contribution in [2.75, 3.05) is 45.8 Å². The summed E-state index contributed by atoms with van der Waals surface area (Å²) in [6, 6.07) is 0. The largest absolute Gasteiger partial charge is 0.314 e. The molecule has 2 fully saturated rings. The van der Waals surface area contributed by atoms with Gasteiger partial charge in [-0.2, -0.15) is 0 Å². The average Bonchev–Trinajstić information content (AvgIpc) is 2.76. The molecule has 3 nitrogen and oxygen atoms in total. The minimum Gasteiger partial charge on any atom is -0.314 e. The van der Waals surface area contributed by atoms with Crippen molar-refractivity contribution < 1.29 is 0 Å². The van der Waals surface area contributed by atoms with Crippen LogP contribution in [0.15, 0.2) is 0 Å². The second-order valence-corrected chi connectivity index (χ2v) is 6.65. The fraction of sp³-hybridized carbons (Fsp3) is 1.00. The highest BCUT2D eigenvalue weighted by Gasteiger charge is 2.30. The molecule has 2 saturated heterocycles. The van der Waals surface area contributed by atoms with E-state index in [0.717, 1.165) is 5.92 Å².